The lowest BCUT2D eigenvalue weighted by molar-refractivity contribution is -0.133. The van der Waals surface area contributed by atoms with Crippen LogP contribution >= 0.6 is 0 Å². The van der Waals surface area contributed by atoms with Gasteiger partial charge in [-0.3, -0.25) is 4.79 Å². The van der Waals surface area contributed by atoms with Gasteiger partial charge in [-0.2, -0.15) is 0 Å². The highest BCUT2D eigenvalue weighted by Crippen LogP contribution is 2.23. The average Bonchev–Trinajstić information content (AvgIpc) is 3.17. The van der Waals surface area contributed by atoms with Crippen LogP contribution in [0.25, 0.3) is 0 Å². The largest absolute Gasteiger partial charge is 0.495 e. The summed E-state index contributed by atoms with van der Waals surface area (Å²) >= 11 is 0. The van der Waals surface area contributed by atoms with E-state index in [9.17, 15) is 9.59 Å². The third kappa shape index (κ3) is 7.60. The second-order valence-electron chi connectivity index (χ2n) is 8.18. The van der Waals surface area contributed by atoms with E-state index in [-0.39, 0.29) is 18.5 Å². The van der Waals surface area contributed by atoms with Gasteiger partial charge in [0, 0.05) is 45.7 Å². The Labute approximate surface area is 191 Å². The highest BCUT2D eigenvalue weighted by Gasteiger charge is 2.23. The van der Waals surface area contributed by atoms with Gasteiger partial charge in [0.1, 0.15) is 12.3 Å². The van der Waals surface area contributed by atoms with Gasteiger partial charge in [0.15, 0.2) is 0 Å². The number of methoxy groups -OCH3 is 2. The normalized spacial score (nSPS) is 10.8. The number of hydrogen-bond acceptors (Lipinski definition) is 4. The molecule has 0 saturated heterocycles. The Kier molecular flexibility index (Phi) is 10.1. The molecule has 0 fully saturated rings. The van der Waals surface area contributed by atoms with Crippen molar-refractivity contribution in [2.75, 3.05) is 45.8 Å². The molecule has 0 aliphatic rings. The van der Waals surface area contributed by atoms with Gasteiger partial charge in [-0.1, -0.05) is 26.0 Å². The van der Waals surface area contributed by atoms with Crippen LogP contribution in [0.1, 0.15) is 26.0 Å². The van der Waals surface area contributed by atoms with Crippen molar-refractivity contribution >= 4 is 17.6 Å². The summed E-state index contributed by atoms with van der Waals surface area (Å²) in [5.74, 6) is 0.783. The number of para-hydroxylation sites is 2. The Morgan fingerprint density at radius 2 is 1.84 bits per heavy atom. The van der Waals surface area contributed by atoms with E-state index in [0.29, 0.717) is 50.0 Å². The number of anilines is 1. The third-order valence-electron chi connectivity index (χ3n) is 5.08. The molecular weight excluding hydrogens is 408 g/mol. The molecule has 0 atom stereocenters. The number of benzene rings is 1. The van der Waals surface area contributed by atoms with E-state index in [1.54, 1.807) is 26.4 Å². The second kappa shape index (κ2) is 12.8. The first-order valence-corrected chi connectivity index (χ1v) is 10.9. The molecule has 8 nitrogen and oxygen atoms in total. The average molecular weight is 445 g/mol. The fourth-order valence-electron chi connectivity index (χ4n) is 3.41. The first kappa shape index (κ1) is 25.3. The van der Waals surface area contributed by atoms with Crippen LogP contribution in [0.2, 0.25) is 0 Å². The molecule has 32 heavy (non-hydrogen) atoms. The number of nitrogens with one attached hydrogen (secondary N) is 1. The van der Waals surface area contributed by atoms with E-state index >= 15 is 0 Å². The minimum Gasteiger partial charge on any atom is -0.495 e. The molecule has 1 heterocycles. The number of amides is 3. The van der Waals surface area contributed by atoms with E-state index in [0.717, 1.165) is 5.69 Å². The number of aryl methyl sites for hydroxylation is 1. The molecular formula is C24H36N4O4. The molecule has 0 saturated carbocycles. The second-order valence-corrected chi connectivity index (χ2v) is 8.18. The molecule has 0 radical (unpaired) electrons. The van der Waals surface area contributed by atoms with Gasteiger partial charge >= 0.3 is 6.03 Å². The maximum absolute atomic E-state index is 13.3. The summed E-state index contributed by atoms with van der Waals surface area (Å²) in [6, 6.07) is 10.8. The van der Waals surface area contributed by atoms with E-state index in [1.807, 2.05) is 47.0 Å². The zero-order valence-electron chi connectivity index (χ0n) is 19.8. The minimum atomic E-state index is -0.345. The van der Waals surface area contributed by atoms with Crippen molar-refractivity contribution < 1.29 is 19.1 Å². The Morgan fingerprint density at radius 1 is 1.09 bits per heavy atom. The van der Waals surface area contributed by atoms with Crippen LogP contribution in [0.3, 0.4) is 0 Å². The van der Waals surface area contributed by atoms with Crippen LogP contribution in [0.4, 0.5) is 10.5 Å². The molecule has 0 aliphatic carbocycles. The van der Waals surface area contributed by atoms with Gasteiger partial charge < -0.3 is 29.2 Å². The molecule has 3 amide bonds. The number of ether oxygens (including phenoxy) is 2. The number of urea groups is 1. The summed E-state index contributed by atoms with van der Waals surface area (Å²) in [5.41, 5.74) is 1.61. The van der Waals surface area contributed by atoms with Crippen molar-refractivity contribution in [2.24, 2.45) is 13.0 Å². The maximum atomic E-state index is 13.3. The number of carbonyl (C=O) groups is 2. The monoisotopic (exact) mass is 444 g/mol. The molecule has 0 spiro atoms. The highest BCUT2D eigenvalue weighted by molar-refractivity contribution is 5.93. The van der Waals surface area contributed by atoms with Crippen molar-refractivity contribution in [3.8, 4) is 5.75 Å². The van der Waals surface area contributed by atoms with Crippen LogP contribution < -0.4 is 10.1 Å². The minimum absolute atomic E-state index is 0.0121. The van der Waals surface area contributed by atoms with Crippen molar-refractivity contribution in [2.45, 2.75) is 26.8 Å². The summed E-state index contributed by atoms with van der Waals surface area (Å²) < 4.78 is 12.5. The van der Waals surface area contributed by atoms with E-state index < -0.39 is 0 Å². The van der Waals surface area contributed by atoms with Crippen molar-refractivity contribution in [3.05, 3.63) is 48.3 Å². The Morgan fingerprint density at radius 3 is 2.47 bits per heavy atom. The number of aromatic nitrogens is 1. The molecule has 2 rings (SSSR count). The lowest BCUT2D eigenvalue weighted by atomic mass is 10.2. The van der Waals surface area contributed by atoms with Crippen molar-refractivity contribution in [1.29, 1.82) is 0 Å². The number of carbonyl (C=O) groups excluding carboxylic acids is 2. The number of rotatable bonds is 12. The number of hydrogen-bond donors (Lipinski definition) is 1. The van der Waals surface area contributed by atoms with Crippen LogP contribution in [0.5, 0.6) is 5.75 Å². The van der Waals surface area contributed by atoms with Gasteiger partial charge in [0.25, 0.3) is 0 Å². The molecule has 176 valence electrons. The summed E-state index contributed by atoms with van der Waals surface area (Å²) in [4.78, 5) is 29.7. The first-order chi connectivity index (χ1) is 15.3. The molecule has 0 bridgehead atoms. The van der Waals surface area contributed by atoms with E-state index in [1.165, 1.54) is 4.90 Å². The predicted molar refractivity (Wildman–Crippen MR) is 126 cm³/mol. The van der Waals surface area contributed by atoms with Crippen LogP contribution in [-0.2, 0) is 23.1 Å². The molecule has 8 heteroatoms. The highest BCUT2D eigenvalue weighted by atomic mass is 16.5. The standard InChI is InChI=1S/C24H36N4O4/c1-19(2)16-28(17-20-10-8-13-26(20)3)23(29)18-27(14-9-15-31-4)24(30)25-21-11-6-7-12-22(21)32-5/h6-8,10-13,19H,9,14-18H2,1-5H3,(H,25,30). The first-order valence-electron chi connectivity index (χ1n) is 10.9. The van der Waals surface area contributed by atoms with E-state index in [2.05, 4.69) is 19.2 Å². The summed E-state index contributed by atoms with van der Waals surface area (Å²) in [6.07, 6.45) is 2.59. The molecule has 1 N–H and O–H groups in total. The predicted octanol–water partition coefficient (Wildman–Crippen LogP) is 3.59. The molecule has 0 unspecified atom stereocenters. The van der Waals surface area contributed by atoms with Crippen molar-refractivity contribution in [1.82, 2.24) is 14.4 Å². The lowest BCUT2D eigenvalue weighted by Crippen LogP contribution is -2.46. The zero-order chi connectivity index (χ0) is 23.5. The van der Waals surface area contributed by atoms with Crippen LogP contribution in [-0.4, -0.2) is 66.8 Å². The fraction of sp³-hybridized carbons (Fsp3) is 0.500. The summed E-state index contributed by atoms with van der Waals surface area (Å²) in [6.45, 7) is 6.17. The lowest BCUT2D eigenvalue weighted by Gasteiger charge is -2.29. The molecule has 0 aliphatic heterocycles. The Bertz CT molecular complexity index is 865. The Hall–Kier alpha value is -3.00. The summed E-state index contributed by atoms with van der Waals surface area (Å²) in [7, 11) is 5.14. The SMILES string of the molecule is COCCCN(CC(=O)N(Cc1cccn1C)CC(C)C)C(=O)Nc1ccccc1OC. The zero-order valence-corrected chi connectivity index (χ0v) is 19.8. The van der Waals surface area contributed by atoms with E-state index in [4.69, 9.17) is 9.47 Å². The van der Waals surface area contributed by atoms with Crippen LogP contribution in [0.15, 0.2) is 42.6 Å². The third-order valence-corrected chi connectivity index (χ3v) is 5.08. The fourth-order valence-corrected chi connectivity index (χ4v) is 3.41. The van der Waals surface area contributed by atoms with Gasteiger partial charge in [-0.25, -0.2) is 4.79 Å². The van der Waals surface area contributed by atoms with Gasteiger partial charge in [-0.15, -0.1) is 0 Å². The smallest absolute Gasteiger partial charge is 0.322 e. The molecule has 1 aromatic heterocycles. The van der Waals surface area contributed by atoms with Crippen LogP contribution in [0, 0.1) is 5.92 Å². The van der Waals surface area contributed by atoms with Gasteiger partial charge in [0.2, 0.25) is 5.91 Å². The van der Waals surface area contributed by atoms with Crippen molar-refractivity contribution in [3.63, 3.8) is 0 Å². The number of nitrogens with zero attached hydrogens (tertiary/aromatic N) is 3. The topological polar surface area (TPSA) is 76.0 Å². The Balaban J connectivity index is 2.15. The summed E-state index contributed by atoms with van der Waals surface area (Å²) in [5, 5.41) is 2.87. The molecule has 2 aromatic rings. The maximum Gasteiger partial charge on any atom is 0.322 e. The molecule has 1 aromatic carbocycles. The van der Waals surface area contributed by atoms with Gasteiger partial charge in [0.05, 0.1) is 19.3 Å². The quantitative estimate of drug-likeness (QED) is 0.508. The van der Waals surface area contributed by atoms with Gasteiger partial charge in [-0.05, 0) is 36.6 Å².